The first kappa shape index (κ1) is 32.2. The van der Waals surface area contributed by atoms with Crippen LogP contribution in [0.25, 0.3) is 104 Å². The number of hydrogen-bond donors (Lipinski definition) is 0. The summed E-state index contributed by atoms with van der Waals surface area (Å²) >= 11 is 1.81. The van der Waals surface area contributed by atoms with Gasteiger partial charge in [0.2, 0.25) is 0 Å². The Kier molecular flexibility index (Phi) is 7.64. The van der Waals surface area contributed by atoms with E-state index >= 15 is 0 Å². The van der Waals surface area contributed by atoms with Crippen molar-refractivity contribution in [2.45, 2.75) is 0 Å². The van der Waals surface area contributed by atoms with Crippen LogP contribution in [0.4, 0.5) is 0 Å². The van der Waals surface area contributed by atoms with Gasteiger partial charge in [-0.15, -0.1) is 11.3 Å². The molecule has 0 amide bonds. The van der Waals surface area contributed by atoms with Crippen molar-refractivity contribution in [3.05, 3.63) is 194 Å². The number of nitrogens with zero attached hydrogens (tertiary/aromatic N) is 4. The molecule has 3 aromatic heterocycles. The zero-order valence-corrected chi connectivity index (χ0v) is 31.0. The lowest BCUT2D eigenvalue weighted by molar-refractivity contribution is 1.07. The molecule has 0 radical (unpaired) electrons. The number of hydrogen-bond acceptors (Lipinski definition) is 4. The average Bonchev–Trinajstić information content (AvgIpc) is 3.86. The molecule has 0 aliphatic carbocycles. The van der Waals surface area contributed by atoms with Crippen molar-refractivity contribution in [3.63, 3.8) is 0 Å². The van der Waals surface area contributed by atoms with Crippen molar-refractivity contribution >= 4 is 54.0 Å². The first-order valence-corrected chi connectivity index (χ1v) is 19.6. The topological polar surface area (TPSA) is 43.6 Å². The molecule has 262 valence electrons. The molecule has 8 aromatic carbocycles. The van der Waals surface area contributed by atoms with Crippen molar-refractivity contribution in [2.24, 2.45) is 0 Å². The van der Waals surface area contributed by atoms with Gasteiger partial charge in [-0.1, -0.05) is 146 Å². The molecule has 0 aliphatic heterocycles. The van der Waals surface area contributed by atoms with Crippen LogP contribution in [0.3, 0.4) is 0 Å². The van der Waals surface area contributed by atoms with Gasteiger partial charge in [0.25, 0.3) is 0 Å². The van der Waals surface area contributed by atoms with E-state index in [-0.39, 0.29) is 0 Å². The fourth-order valence-corrected chi connectivity index (χ4v) is 8.98. The smallest absolute Gasteiger partial charge is 0.164 e. The third-order valence-electron chi connectivity index (χ3n) is 10.7. The number of fused-ring (bicyclic) bond motifs is 5. The minimum atomic E-state index is 0.630. The Balaban J connectivity index is 1.00. The molecule has 0 N–H and O–H groups in total. The number of aromatic nitrogens is 4. The normalized spacial score (nSPS) is 11.6. The summed E-state index contributed by atoms with van der Waals surface area (Å²) in [4.78, 5) is 16.5. The Morgan fingerprint density at radius 2 is 0.821 bits per heavy atom. The van der Waals surface area contributed by atoms with Gasteiger partial charge in [-0.25, -0.2) is 15.0 Å². The summed E-state index contributed by atoms with van der Waals surface area (Å²) < 4.78 is 3.61. The summed E-state index contributed by atoms with van der Waals surface area (Å²) in [5.74, 6) is 1.90. The van der Waals surface area contributed by atoms with Gasteiger partial charge in [0.15, 0.2) is 17.5 Å². The molecule has 56 heavy (non-hydrogen) atoms. The van der Waals surface area contributed by atoms with Crippen molar-refractivity contribution < 1.29 is 0 Å². The van der Waals surface area contributed by atoms with E-state index in [4.69, 9.17) is 15.0 Å². The quantitative estimate of drug-likeness (QED) is 0.171. The van der Waals surface area contributed by atoms with Crippen molar-refractivity contribution in [1.29, 1.82) is 0 Å². The van der Waals surface area contributed by atoms with E-state index in [1.165, 1.54) is 58.7 Å². The molecule has 0 aliphatic rings. The van der Waals surface area contributed by atoms with Crippen molar-refractivity contribution in [3.8, 4) is 61.4 Å². The highest BCUT2D eigenvalue weighted by Gasteiger charge is 2.16. The van der Waals surface area contributed by atoms with E-state index in [1.807, 2.05) is 11.3 Å². The SMILES string of the molecule is c1ccc2sc(-c3ccc(-c4nc(-c5ccc(-c6cccc7ccccc67)cc5)nc(-c5ccc(-n6c7ccccc7c7ccccc76)cc5)n4)cc3)cc2c1. The largest absolute Gasteiger partial charge is 0.309 e. The second-order valence-corrected chi connectivity index (χ2v) is 15.1. The van der Waals surface area contributed by atoms with Crippen LogP contribution >= 0.6 is 11.3 Å². The van der Waals surface area contributed by atoms with Gasteiger partial charge < -0.3 is 4.57 Å². The molecule has 0 saturated heterocycles. The molecule has 0 spiro atoms. The molecule has 11 rings (SSSR count). The summed E-state index contributed by atoms with van der Waals surface area (Å²) in [6.45, 7) is 0. The Labute approximate surface area is 327 Å². The number of benzene rings is 8. The Bertz CT molecular complexity index is 3140. The zero-order valence-electron chi connectivity index (χ0n) is 30.2. The molecule has 11 aromatic rings. The maximum atomic E-state index is 5.11. The van der Waals surface area contributed by atoms with Gasteiger partial charge in [-0.05, 0) is 81.4 Å². The highest BCUT2D eigenvalue weighted by molar-refractivity contribution is 7.22. The molecular formula is C51H32N4S. The lowest BCUT2D eigenvalue weighted by Crippen LogP contribution is -2.00. The fourth-order valence-electron chi connectivity index (χ4n) is 7.91. The Morgan fingerprint density at radius 1 is 0.357 bits per heavy atom. The summed E-state index contributed by atoms with van der Waals surface area (Å²) in [6.07, 6.45) is 0. The van der Waals surface area contributed by atoms with Crippen molar-refractivity contribution in [2.75, 3.05) is 0 Å². The van der Waals surface area contributed by atoms with Gasteiger partial charge in [-0.3, -0.25) is 0 Å². The zero-order chi connectivity index (χ0) is 37.0. The number of para-hydroxylation sites is 2. The van der Waals surface area contributed by atoms with Gasteiger partial charge in [0.05, 0.1) is 11.0 Å². The van der Waals surface area contributed by atoms with E-state index in [0.717, 1.165) is 27.9 Å². The molecule has 0 bridgehead atoms. The lowest BCUT2D eigenvalue weighted by Gasteiger charge is -2.11. The maximum absolute atomic E-state index is 5.11. The van der Waals surface area contributed by atoms with E-state index in [0.29, 0.717) is 17.5 Å². The summed E-state index contributed by atoms with van der Waals surface area (Å²) in [5.41, 5.74) is 9.77. The van der Waals surface area contributed by atoms with Crippen LogP contribution in [-0.2, 0) is 0 Å². The molecule has 0 atom stereocenters. The van der Waals surface area contributed by atoms with Crippen LogP contribution in [0.5, 0.6) is 0 Å². The number of thiophene rings is 1. The minimum Gasteiger partial charge on any atom is -0.309 e. The monoisotopic (exact) mass is 732 g/mol. The molecule has 3 heterocycles. The van der Waals surface area contributed by atoms with Gasteiger partial charge in [-0.2, -0.15) is 0 Å². The van der Waals surface area contributed by atoms with E-state index in [1.54, 1.807) is 0 Å². The molecule has 5 heteroatoms. The van der Waals surface area contributed by atoms with Crippen LogP contribution in [0.1, 0.15) is 0 Å². The molecule has 4 nitrogen and oxygen atoms in total. The molecular weight excluding hydrogens is 701 g/mol. The van der Waals surface area contributed by atoms with Crippen LogP contribution in [0, 0.1) is 0 Å². The summed E-state index contributed by atoms with van der Waals surface area (Å²) in [6, 6.07) is 68.7. The highest BCUT2D eigenvalue weighted by atomic mass is 32.1. The van der Waals surface area contributed by atoms with E-state index < -0.39 is 0 Å². The number of rotatable bonds is 6. The lowest BCUT2D eigenvalue weighted by atomic mass is 9.97. The molecule has 0 unspecified atom stereocenters. The van der Waals surface area contributed by atoms with Crippen LogP contribution < -0.4 is 0 Å². The third-order valence-corrected chi connectivity index (χ3v) is 11.9. The average molecular weight is 733 g/mol. The fraction of sp³-hybridized carbons (Fsp3) is 0. The second kappa shape index (κ2) is 13.3. The third kappa shape index (κ3) is 5.56. The second-order valence-electron chi connectivity index (χ2n) is 14.1. The van der Waals surface area contributed by atoms with Gasteiger partial charge in [0.1, 0.15) is 0 Å². The van der Waals surface area contributed by atoms with Crippen LogP contribution in [0.15, 0.2) is 194 Å². The van der Waals surface area contributed by atoms with Gasteiger partial charge in [0, 0.05) is 42.7 Å². The van der Waals surface area contributed by atoms with Crippen LogP contribution in [0.2, 0.25) is 0 Å². The van der Waals surface area contributed by atoms with E-state index in [2.05, 4.69) is 199 Å². The predicted octanol–water partition coefficient (Wildman–Crippen LogP) is 13.7. The summed E-state index contributed by atoms with van der Waals surface area (Å²) in [7, 11) is 0. The molecule has 0 saturated carbocycles. The first-order chi connectivity index (χ1) is 27.7. The van der Waals surface area contributed by atoms with Gasteiger partial charge >= 0.3 is 0 Å². The van der Waals surface area contributed by atoms with Crippen LogP contribution in [-0.4, -0.2) is 19.5 Å². The van der Waals surface area contributed by atoms with E-state index in [9.17, 15) is 0 Å². The Hall–Kier alpha value is -7.21. The van der Waals surface area contributed by atoms with Crippen molar-refractivity contribution in [1.82, 2.24) is 19.5 Å². The summed E-state index contributed by atoms with van der Waals surface area (Å²) in [5, 5.41) is 6.20. The standard InChI is InChI=1S/C51H32N4S/c1-3-13-41-33(10-1)12-9-16-42(41)34-20-24-36(25-21-34)49-52-50(37-26-22-35(23-27-37)48-32-39-11-2-8-19-47(39)56-48)54-51(53-49)38-28-30-40(31-29-38)55-45-17-6-4-14-43(45)44-15-5-7-18-46(44)55/h1-32H. The molecule has 0 fully saturated rings. The maximum Gasteiger partial charge on any atom is 0.164 e. The predicted molar refractivity (Wildman–Crippen MR) is 234 cm³/mol. The Morgan fingerprint density at radius 3 is 1.43 bits per heavy atom. The first-order valence-electron chi connectivity index (χ1n) is 18.8. The highest BCUT2D eigenvalue weighted by Crippen LogP contribution is 2.36. The minimum absolute atomic E-state index is 0.630.